The van der Waals surface area contributed by atoms with Crippen molar-refractivity contribution in [1.82, 2.24) is 15.5 Å². The summed E-state index contributed by atoms with van der Waals surface area (Å²) in [7, 11) is 0. The van der Waals surface area contributed by atoms with E-state index >= 15 is 0 Å². The van der Waals surface area contributed by atoms with Crippen molar-refractivity contribution in [3.8, 4) is 0 Å². The summed E-state index contributed by atoms with van der Waals surface area (Å²) < 4.78 is 0. The van der Waals surface area contributed by atoms with E-state index in [1.54, 1.807) is 12.1 Å². The van der Waals surface area contributed by atoms with Crippen molar-refractivity contribution in [1.29, 1.82) is 0 Å². The van der Waals surface area contributed by atoms with E-state index in [2.05, 4.69) is 31.9 Å². The van der Waals surface area contributed by atoms with Crippen LogP contribution in [0.5, 0.6) is 0 Å². The van der Waals surface area contributed by atoms with Gasteiger partial charge in [0.1, 0.15) is 6.04 Å². The molecule has 1 aromatic carbocycles. The lowest BCUT2D eigenvalue weighted by atomic mass is 10.0. The van der Waals surface area contributed by atoms with Crippen LogP contribution in [0.25, 0.3) is 0 Å². The van der Waals surface area contributed by atoms with Gasteiger partial charge in [0, 0.05) is 36.9 Å². The van der Waals surface area contributed by atoms with Gasteiger partial charge in [0.15, 0.2) is 0 Å². The number of fused-ring (bicyclic) bond motifs is 1. The average molecular weight is 479 g/mol. The molecule has 5 amide bonds. The van der Waals surface area contributed by atoms with Gasteiger partial charge < -0.3 is 10.6 Å². The third kappa shape index (κ3) is 4.69. The maximum absolute atomic E-state index is 13.0. The van der Waals surface area contributed by atoms with Crippen LogP contribution in [0.3, 0.4) is 0 Å². The van der Waals surface area contributed by atoms with Gasteiger partial charge >= 0.3 is 0 Å². The number of unbranched alkanes of at least 4 members (excludes halogenated alkanes) is 1. The Labute approximate surface area is 182 Å². The number of nitrogens with one attached hydrogen (secondary N) is 3. The predicted octanol–water partition coefficient (Wildman–Crippen LogP) is 1.18. The molecule has 0 aliphatic carbocycles. The Morgan fingerprint density at radius 3 is 2.67 bits per heavy atom. The summed E-state index contributed by atoms with van der Waals surface area (Å²) in [5.41, 5.74) is 0.888. The minimum atomic E-state index is -0.998. The molecule has 10 heteroatoms. The highest BCUT2D eigenvalue weighted by Gasteiger charge is 2.45. The highest BCUT2D eigenvalue weighted by Crippen LogP contribution is 2.32. The van der Waals surface area contributed by atoms with Crippen molar-refractivity contribution in [3.63, 3.8) is 0 Å². The molecule has 0 bridgehead atoms. The molecule has 3 rings (SSSR count). The first-order chi connectivity index (χ1) is 14.4. The summed E-state index contributed by atoms with van der Waals surface area (Å²) in [4.78, 5) is 62.0. The van der Waals surface area contributed by atoms with E-state index < -0.39 is 29.7 Å². The first-order valence-corrected chi connectivity index (χ1v) is 11.0. The number of anilines is 1. The smallest absolute Gasteiger partial charge is 0.264 e. The fourth-order valence-electron chi connectivity index (χ4n) is 3.53. The lowest BCUT2D eigenvalue weighted by Gasteiger charge is -2.27. The zero-order valence-corrected chi connectivity index (χ0v) is 17.9. The zero-order valence-electron chi connectivity index (χ0n) is 16.3. The Morgan fingerprint density at radius 1 is 1.13 bits per heavy atom. The standard InChI is InChI=1S/C20H23BrN4O5/c21-9-2-1-6-15(26)23-11-10-22-13-5-3-4-12-17(13)20(30)25(19(12)29)14-7-8-16(27)24-18(14)28/h3-5,14,22H,1-2,6-11H2,(H,23,26)(H,24,27,28). The number of hydrogen-bond acceptors (Lipinski definition) is 6. The van der Waals surface area contributed by atoms with Gasteiger partial charge in [0.2, 0.25) is 17.7 Å². The van der Waals surface area contributed by atoms with Crippen molar-refractivity contribution in [2.24, 2.45) is 0 Å². The van der Waals surface area contributed by atoms with E-state index in [9.17, 15) is 24.0 Å². The molecule has 1 atom stereocenters. The Balaban J connectivity index is 1.63. The van der Waals surface area contributed by atoms with E-state index in [4.69, 9.17) is 0 Å². The van der Waals surface area contributed by atoms with Gasteiger partial charge in [-0.25, -0.2) is 0 Å². The van der Waals surface area contributed by atoms with Crippen molar-refractivity contribution in [2.75, 3.05) is 23.7 Å². The number of carbonyl (C=O) groups excluding carboxylic acids is 5. The second-order valence-corrected chi connectivity index (χ2v) is 7.89. The molecule has 1 aromatic rings. The van der Waals surface area contributed by atoms with E-state index in [1.165, 1.54) is 6.07 Å². The van der Waals surface area contributed by atoms with E-state index in [0.717, 1.165) is 23.1 Å². The van der Waals surface area contributed by atoms with Crippen LogP contribution in [0.2, 0.25) is 0 Å². The fraction of sp³-hybridized carbons (Fsp3) is 0.450. The Kier molecular flexibility index (Phi) is 7.20. The van der Waals surface area contributed by atoms with Gasteiger partial charge in [-0.15, -0.1) is 0 Å². The lowest BCUT2D eigenvalue weighted by molar-refractivity contribution is -0.136. The number of alkyl halides is 1. The molecule has 2 heterocycles. The summed E-state index contributed by atoms with van der Waals surface area (Å²) in [6.07, 6.45) is 2.38. The van der Waals surface area contributed by atoms with Crippen LogP contribution >= 0.6 is 15.9 Å². The topological polar surface area (TPSA) is 125 Å². The normalized spacial score (nSPS) is 18.3. The molecular formula is C20H23BrN4O5. The molecular weight excluding hydrogens is 456 g/mol. The van der Waals surface area contributed by atoms with Crippen LogP contribution in [-0.4, -0.2) is 58.9 Å². The average Bonchev–Trinajstić information content (AvgIpc) is 2.97. The number of nitrogens with zero attached hydrogens (tertiary/aromatic N) is 1. The van der Waals surface area contributed by atoms with Crippen molar-refractivity contribution in [3.05, 3.63) is 29.3 Å². The first kappa shape index (κ1) is 21.9. The summed E-state index contributed by atoms with van der Waals surface area (Å²) in [5.74, 6) is -2.20. The molecule has 160 valence electrons. The molecule has 30 heavy (non-hydrogen) atoms. The van der Waals surface area contributed by atoms with Crippen LogP contribution in [-0.2, 0) is 14.4 Å². The molecule has 0 saturated carbocycles. The van der Waals surface area contributed by atoms with Crippen molar-refractivity contribution in [2.45, 2.75) is 38.1 Å². The largest absolute Gasteiger partial charge is 0.383 e. The van der Waals surface area contributed by atoms with Gasteiger partial charge in [-0.3, -0.25) is 34.2 Å². The number of benzene rings is 1. The quantitative estimate of drug-likeness (QED) is 0.278. The van der Waals surface area contributed by atoms with Gasteiger partial charge in [0.05, 0.1) is 11.1 Å². The molecule has 0 radical (unpaired) electrons. The molecule has 2 aliphatic rings. The Morgan fingerprint density at radius 2 is 1.93 bits per heavy atom. The predicted molar refractivity (Wildman–Crippen MR) is 112 cm³/mol. The third-order valence-electron chi connectivity index (χ3n) is 5.02. The van der Waals surface area contributed by atoms with Crippen LogP contribution in [0.15, 0.2) is 18.2 Å². The van der Waals surface area contributed by atoms with Crippen LogP contribution in [0.1, 0.15) is 52.8 Å². The molecule has 2 aliphatic heterocycles. The number of imide groups is 2. The molecule has 0 spiro atoms. The molecule has 1 saturated heterocycles. The number of rotatable bonds is 9. The maximum Gasteiger partial charge on any atom is 0.264 e. The van der Waals surface area contributed by atoms with Crippen LogP contribution in [0, 0.1) is 0 Å². The molecule has 1 unspecified atom stereocenters. The highest BCUT2D eigenvalue weighted by molar-refractivity contribution is 9.09. The summed E-state index contributed by atoms with van der Waals surface area (Å²) in [6.45, 7) is 0.746. The minimum Gasteiger partial charge on any atom is -0.383 e. The zero-order chi connectivity index (χ0) is 21.7. The fourth-order valence-corrected chi connectivity index (χ4v) is 3.93. The van der Waals surface area contributed by atoms with E-state index in [-0.39, 0.29) is 29.9 Å². The summed E-state index contributed by atoms with van der Waals surface area (Å²) in [5, 5.41) is 8.93. The lowest BCUT2D eigenvalue weighted by Crippen LogP contribution is -2.54. The van der Waals surface area contributed by atoms with Gasteiger partial charge in [-0.05, 0) is 31.4 Å². The Hall–Kier alpha value is -2.75. The van der Waals surface area contributed by atoms with Gasteiger partial charge in [-0.1, -0.05) is 22.0 Å². The molecule has 0 aromatic heterocycles. The monoisotopic (exact) mass is 478 g/mol. The highest BCUT2D eigenvalue weighted by atomic mass is 79.9. The Bertz CT molecular complexity index is 888. The number of carbonyl (C=O) groups is 5. The number of piperidine rings is 1. The minimum absolute atomic E-state index is 0.0358. The van der Waals surface area contributed by atoms with Crippen LogP contribution in [0.4, 0.5) is 5.69 Å². The summed E-state index contributed by atoms with van der Waals surface area (Å²) >= 11 is 3.32. The van der Waals surface area contributed by atoms with Crippen molar-refractivity contribution < 1.29 is 24.0 Å². The number of halogens is 1. The van der Waals surface area contributed by atoms with E-state index in [1.807, 2.05) is 0 Å². The maximum atomic E-state index is 13.0. The van der Waals surface area contributed by atoms with Gasteiger partial charge in [-0.2, -0.15) is 0 Å². The first-order valence-electron chi connectivity index (χ1n) is 9.85. The number of amides is 5. The summed E-state index contributed by atoms with van der Waals surface area (Å²) in [6, 6.07) is 3.87. The molecule has 1 fully saturated rings. The van der Waals surface area contributed by atoms with Crippen LogP contribution < -0.4 is 16.0 Å². The van der Waals surface area contributed by atoms with E-state index in [0.29, 0.717) is 25.2 Å². The third-order valence-corrected chi connectivity index (χ3v) is 5.58. The van der Waals surface area contributed by atoms with Gasteiger partial charge in [0.25, 0.3) is 11.8 Å². The second-order valence-electron chi connectivity index (χ2n) is 7.10. The molecule has 9 nitrogen and oxygen atoms in total. The number of hydrogen-bond donors (Lipinski definition) is 3. The second kappa shape index (κ2) is 9.84. The van der Waals surface area contributed by atoms with Crippen molar-refractivity contribution >= 4 is 51.2 Å². The molecule has 3 N–H and O–H groups in total. The SMILES string of the molecule is O=C(CCCCBr)NCCNc1cccc2c1C(=O)N(C1CCC(=O)NC1=O)C2=O.